The van der Waals surface area contributed by atoms with Gasteiger partial charge in [0.2, 0.25) is 0 Å². The van der Waals surface area contributed by atoms with Gasteiger partial charge in [0, 0.05) is 34.1 Å². The molecule has 0 aliphatic carbocycles. The van der Waals surface area contributed by atoms with Crippen molar-refractivity contribution in [2.24, 2.45) is 10.8 Å². The van der Waals surface area contributed by atoms with Crippen LogP contribution in [0, 0.1) is 64.0 Å². The van der Waals surface area contributed by atoms with Gasteiger partial charge in [0.1, 0.15) is 0 Å². The van der Waals surface area contributed by atoms with E-state index in [2.05, 4.69) is 155 Å². The summed E-state index contributed by atoms with van der Waals surface area (Å²) in [7, 11) is -0.264. The largest absolute Gasteiger partial charge is 0 e. The molecule has 0 bridgehead atoms. The zero-order valence-corrected chi connectivity index (χ0v) is 28.6. The number of hydrogen-bond acceptors (Lipinski definition) is 0. The first-order chi connectivity index (χ1) is 20.2. The van der Waals surface area contributed by atoms with Crippen LogP contribution in [0.3, 0.4) is 0 Å². The summed E-state index contributed by atoms with van der Waals surface area (Å²) in [6.45, 7) is 50.4. The zero-order valence-electron chi connectivity index (χ0n) is 24.6. The van der Waals surface area contributed by atoms with Crippen molar-refractivity contribution in [3.05, 3.63) is 136 Å². The van der Waals surface area contributed by atoms with Crippen molar-refractivity contribution < 1.29 is 71.4 Å². The quantitative estimate of drug-likeness (QED) is 0.129. The molecule has 0 amide bonds. The Morgan fingerprint density at radius 2 is 0.568 bits per heavy atom. The molecule has 2 aromatic carbocycles. The summed E-state index contributed by atoms with van der Waals surface area (Å²) >= 11 is 0. The maximum absolute atomic E-state index is 7.50. The standard InChI is InChI=1S/C24H28P2.8CO.2Fe/c1-23(2,3)21-19(17-13-9-7-10-14-17)25(21)26-20(22(26)24(4,5)6)18-15-11-8-12-16-18;8*1-2;;/h7-16H,1-6H3;;;;;;;;;;/t25-,26?;;;;;;;;;;/m0........../s1. The van der Waals surface area contributed by atoms with E-state index in [1.807, 2.05) is 0 Å². The number of allylic oxidation sites excluding steroid dienone is 2. The van der Waals surface area contributed by atoms with Crippen molar-refractivity contribution in [1.82, 2.24) is 0 Å². The van der Waals surface area contributed by atoms with Crippen molar-refractivity contribution in [2.75, 3.05) is 0 Å². The van der Waals surface area contributed by atoms with Crippen molar-refractivity contribution in [3.63, 3.8) is 0 Å². The Hall–Kier alpha value is -2.26. The molecule has 12 heteroatoms. The predicted molar refractivity (Wildman–Crippen MR) is 151 cm³/mol. The van der Waals surface area contributed by atoms with Gasteiger partial charge in [-0.05, 0) is 58.4 Å². The summed E-state index contributed by atoms with van der Waals surface area (Å²) in [6, 6.07) is 22.2. The maximum atomic E-state index is 7.50. The Labute approximate surface area is 284 Å². The summed E-state index contributed by atoms with van der Waals surface area (Å²) in [6.07, 6.45) is 0. The molecular formula is C32H28Fe2O8P2. The summed E-state index contributed by atoms with van der Waals surface area (Å²) in [5.41, 5.74) is 3.45. The molecule has 0 spiro atoms. The van der Waals surface area contributed by atoms with Gasteiger partial charge < -0.3 is 0 Å². The fraction of sp³-hybridized carbons (Fsp3) is 0.250. The third-order valence-corrected chi connectivity index (χ3v) is 12.9. The Kier molecular flexibility index (Phi) is 43.9. The molecule has 230 valence electrons. The molecule has 0 saturated carbocycles. The van der Waals surface area contributed by atoms with Crippen LogP contribution < -0.4 is 0 Å². The van der Waals surface area contributed by atoms with Gasteiger partial charge in [0.15, 0.2) is 0 Å². The van der Waals surface area contributed by atoms with Crippen LogP contribution in [-0.2, 0) is 71.4 Å². The molecule has 2 aliphatic heterocycles. The third kappa shape index (κ3) is 17.9. The van der Waals surface area contributed by atoms with Crippen LogP contribution in [-0.4, -0.2) is 0 Å². The second-order valence-corrected chi connectivity index (χ2v) is 14.7. The van der Waals surface area contributed by atoms with E-state index in [0.717, 1.165) is 0 Å². The van der Waals surface area contributed by atoms with Crippen LogP contribution in [0.25, 0.3) is 10.6 Å². The average molecular weight is 714 g/mol. The van der Waals surface area contributed by atoms with Crippen LogP contribution in [0.5, 0.6) is 0 Å². The monoisotopic (exact) mass is 714 g/mol. The molecule has 0 fully saturated rings. The van der Waals surface area contributed by atoms with E-state index in [1.165, 1.54) is 11.1 Å². The Morgan fingerprint density at radius 3 is 0.727 bits per heavy atom. The van der Waals surface area contributed by atoms with E-state index < -0.39 is 0 Å². The van der Waals surface area contributed by atoms with Gasteiger partial charge in [-0.3, -0.25) is 0 Å². The van der Waals surface area contributed by atoms with E-state index in [0.29, 0.717) is 0 Å². The predicted octanol–water partition coefficient (Wildman–Crippen LogP) is 8.42. The van der Waals surface area contributed by atoms with E-state index in [1.54, 1.807) is 21.3 Å². The van der Waals surface area contributed by atoms with Gasteiger partial charge in [-0.25, -0.2) is 0 Å². The number of benzene rings is 2. The molecule has 1 unspecified atom stereocenters. The molecule has 2 atom stereocenters. The molecule has 4 rings (SSSR count). The summed E-state index contributed by atoms with van der Waals surface area (Å²) < 4.78 is 60.0. The number of rotatable bonds is 3. The minimum atomic E-state index is -0.132. The smallest absolute Gasteiger partial charge is 0 e. The van der Waals surface area contributed by atoms with Gasteiger partial charge in [-0.2, -0.15) is 0 Å². The Morgan fingerprint density at radius 1 is 0.386 bits per heavy atom. The fourth-order valence-electron chi connectivity index (χ4n) is 3.77. The molecule has 0 N–H and O–H groups in total. The van der Waals surface area contributed by atoms with E-state index in [4.69, 9.17) is 37.2 Å². The second kappa shape index (κ2) is 33.6. The van der Waals surface area contributed by atoms with Crippen LogP contribution in [0.2, 0.25) is 0 Å². The van der Waals surface area contributed by atoms with E-state index in [-0.39, 0.29) is 60.2 Å². The molecular weight excluding hydrogens is 686 g/mol. The molecule has 2 aromatic rings. The maximum Gasteiger partial charge on any atom is 0 e. The second-order valence-electron chi connectivity index (χ2n) is 9.25. The SMILES string of the molecule is CC(C)(C)C1=C(c2ccccc2)P1[P@@]1C(c2ccccc2)=C1C(C)(C)C.[C-]#[O+].[C-]#[O+].[C-]#[O+].[C-]#[O+].[C-]#[O+].[C-]#[O+].[C-]#[O+].[C-]#[O+].[Fe].[Fe]. The van der Waals surface area contributed by atoms with Crippen molar-refractivity contribution >= 4 is 25.8 Å². The van der Waals surface area contributed by atoms with Crippen LogP contribution >= 0.6 is 15.2 Å². The minimum Gasteiger partial charge on any atom is 0 e. The topological polar surface area (TPSA) is 159 Å². The molecule has 0 saturated heterocycles. The molecule has 0 aromatic heterocycles. The van der Waals surface area contributed by atoms with Gasteiger partial charge in [-0.1, -0.05) is 102 Å². The van der Waals surface area contributed by atoms with Crippen LogP contribution in [0.15, 0.2) is 71.3 Å². The van der Waals surface area contributed by atoms with E-state index in [9.17, 15) is 0 Å². The van der Waals surface area contributed by atoms with Crippen LogP contribution in [0.1, 0.15) is 52.7 Å². The first-order valence-corrected chi connectivity index (χ1v) is 14.4. The molecule has 2 heterocycles. The third-order valence-electron chi connectivity index (χ3n) is 4.91. The fourth-order valence-corrected chi connectivity index (χ4v) is 14.7. The van der Waals surface area contributed by atoms with Gasteiger partial charge in [0.25, 0.3) is 0 Å². The molecule has 2 aliphatic rings. The van der Waals surface area contributed by atoms with Crippen molar-refractivity contribution in [2.45, 2.75) is 41.5 Å². The van der Waals surface area contributed by atoms with Gasteiger partial charge in [-0.15, -0.1) is 0 Å². The minimum absolute atomic E-state index is 0. The first kappa shape index (κ1) is 57.4. The molecule has 8 nitrogen and oxygen atoms in total. The summed E-state index contributed by atoms with van der Waals surface area (Å²) in [5.74, 6) is 0. The molecule has 0 radical (unpaired) electrons. The van der Waals surface area contributed by atoms with Crippen molar-refractivity contribution in [1.29, 1.82) is 0 Å². The van der Waals surface area contributed by atoms with Gasteiger partial charge in [0.05, 0.1) is 0 Å². The summed E-state index contributed by atoms with van der Waals surface area (Å²) in [4.78, 5) is 0. The van der Waals surface area contributed by atoms with Gasteiger partial charge >= 0.3 is 90.4 Å². The molecule has 44 heavy (non-hydrogen) atoms. The first-order valence-electron chi connectivity index (χ1n) is 11.0. The van der Waals surface area contributed by atoms with E-state index >= 15 is 0 Å². The normalized spacial score (nSPS) is 13.8. The Balaban J connectivity index is -0.000000133. The Bertz CT molecular complexity index is 1130. The summed E-state index contributed by atoms with van der Waals surface area (Å²) in [5, 5.41) is 6.87. The van der Waals surface area contributed by atoms with Crippen LogP contribution in [0.4, 0.5) is 0 Å². The zero-order chi connectivity index (χ0) is 34.7. The number of hydrogen-bond donors (Lipinski definition) is 0. The average Bonchev–Trinajstić information content (AvgIpc) is 3.98. The van der Waals surface area contributed by atoms with Crippen molar-refractivity contribution in [3.8, 4) is 0 Å².